The highest BCUT2D eigenvalue weighted by molar-refractivity contribution is 8.00. The molecule has 27 heavy (non-hydrogen) atoms. The zero-order valence-electron chi connectivity index (χ0n) is 15.5. The number of carbonyl (C=O) groups is 1. The number of imidazole rings is 1. The van der Waals surface area contributed by atoms with Gasteiger partial charge in [0, 0.05) is 38.9 Å². The summed E-state index contributed by atoms with van der Waals surface area (Å²) in [5, 5.41) is 0.727. The third-order valence-electron chi connectivity index (χ3n) is 4.97. The molecule has 1 atom stereocenters. The fourth-order valence-electron chi connectivity index (χ4n) is 3.44. The molecule has 3 aromatic rings. The highest BCUT2D eigenvalue weighted by atomic mass is 32.2. The third kappa shape index (κ3) is 4.17. The van der Waals surface area contributed by atoms with Gasteiger partial charge in [-0.1, -0.05) is 48.2 Å². The monoisotopic (exact) mass is 380 g/mol. The van der Waals surface area contributed by atoms with Gasteiger partial charge in [0.1, 0.15) is 0 Å². The smallest absolute Gasteiger partial charge is 0.235 e. The lowest BCUT2D eigenvalue weighted by Crippen LogP contribution is -2.50. The molecule has 2 aromatic heterocycles. The summed E-state index contributed by atoms with van der Waals surface area (Å²) in [6.45, 7) is 6.35. The van der Waals surface area contributed by atoms with Crippen molar-refractivity contribution in [2.45, 2.75) is 23.9 Å². The van der Waals surface area contributed by atoms with Crippen molar-refractivity contribution in [3.05, 3.63) is 66.5 Å². The fraction of sp³-hybridized carbons (Fsp3) is 0.333. The topological polar surface area (TPSA) is 40.9 Å². The van der Waals surface area contributed by atoms with Gasteiger partial charge in [0.15, 0.2) is 5.16 Å². The molecule has 0 N–H and O–H groups in total. The first kappa shape index (κ1) is 18.1. The van der Waals surface area contributed by atoms with E-state index < -0.39 is 0 Å². The van der Waals surface area contributed by atoms with Gasteiger partial charge in [0.25, 0.3) is 0 Å². The first-order chi connectivity index (χ1) is 13.2. The minimum atomic E-state index is -0.142. The Bertz CT molecular complexity index is 903. The molecule has 4 rings (SSSR count). The van der Waals surface area contributed by atoms with E-state index in [0.717, 1.165) is 43.4 Å². The Morgan fingerprint density at radius 2 is 1.81 bits per heavy atom. The van der Waals surface area contributed by atoms with Crippen LogP contribution < -0.4 is 0 Å². The summed E-state index contributed by atoms with van der Waals surface area (Å²) < 4.78 is 2.03. The zero-order valence-corrected chi connectivity index (χ0v) is 16.3. The number of nitrogens with zero attached hydrogens (tertiary/aromatic N) is 4. The summed E-state index contributed by atoms with van der Waals surface area (Å²) >= 11 is 1.53. The number of amides is 1. The van der Waals surface area contributed by atoms with E-state index in [2.05, 4.69) is 34.1 Å². The van der Waals surface area contributed by atoms with E-state index in [1.807, 2.05) is 52.9 Å². The Labute approximate surface area is 164 Å². The largest absolute Gasteiger partial charge is 0.339 e. The first-order valence-corrected chi connectivity index (χ1v) is 10.2. The van der Waals surface area contributed by atoms with Crippen LogP contribution in [-0.4, -0.2) is 56.5 Å². The van der Waals surface area contributed by atoms with Gasteiger partial charge in [-0.3, -0.25) is 14.1 Å². The zero-order chi connectivity index (χ0) is 18.6. The van der Waals surface area contributed by atoms with Gasteiger partial charge in [0.05, 0.1) is 17.0 Å². The summed E-state index contributed by atoms with van der Waals surface area (Å²) in [5.41, 5.74) is 2.38. The van der Waals surface area contributed by atoms with Gasteiger partial charge in [-0.25, -0.2) is 4.98 Å². The van der Waals surface area contributed by atoms with Crippen molar-refractivity contribution in [3.63, 3.8) is 0 Å². The van der Waals surface area contributed by atoms with Gasteiger partial charge in [-0.05, 0) is 24.6 Å². The second-order valence-electron chi connectivity index (χ2n) is 6.88. The van der Waals surface area contributed by atoms with Gasteiger partial charge in [-0.2, -0.15) is 0 Å². The number of hydrogen-bond acceptors (Lipinski definition) is 4. The number of aromatic nitrogens is 2. The lowest BCUT2D eigenvalue weighted by atomic mass is 10.2. The molecule has 1 fully saturated rings. The first-order valence-electron chi connectivity index (χ1n) is 9.34. The van der Waals surface area contributed by atoms with Crippen molar-refractivity contribution in [2.24, 2.45) is 0 Å². The Balaban J connectivity index is 1.32. The number of hydrogen-bond donors (Lipinski definition) is 0. The van der Waals surface area contributed by atoms with Crippen LogP contribution in [0.4, 0.5) is 0 Å². The average Bonchev–Trinajstić information content (AvgIpc) is 3.12. The average molecular weight is 381 g/mol. The highest BCUT2D eigenvalue weighted by Gasteiger charge is 2.26. The van der Waals surface area contributed by atoms with Gasteiger partial charge in [-0.15, -0.1) is 0 Å². The van der Waals surface area contributed by atoms with Crippen molar-refractivity contribution in [2.75, 3.05) is 26.2 Å². The van der Waals surface area contributed by atoms with E-state index in [0.29, 0.717) is 0 Å². The highest BCUT2D eigenvalue weighted by Crippen LogP contribution is 2.24. The predicted octanol–water partition coefficient (Wildman–Crippen LogP) is 3.16. The van der Waals surface area contributed by atoms with Gasteiger partial charge in [0.2, 0.25) is 5.91 Å². The van der Waals surface area contributed by atoms with E-state index in [4.69, 9.17) is 0 Å². The van der Waals surface area contributed by atoms with Crippen LogP contribution in [0.2, 0.25) is 0 Å². The summed E-state index contributed by atoms with van der Waals surface area (Å²) in [4.78, 5) is 21.8. The molecule has 3 heterocycles. The number of thioether (sulfide) groups is 1. The van der Waals surface area contributed by atoms with Crippen molar-refractivity contribution in [3.8, 4) is 0 Å². The molecule has 1 amide bonds. The maximum Gasteiger partial charge on any atom is 0.235 e. The molecule has 0 radical (unpaired) electrons. The van der Waals surface area contributed by atoms with Crippen LogP contribution in [0.25, 0.3) is 5.52 Å². The Morgan fingerprint density at radius 3 is 2.59 bits per heavy atom. The normalized spacial score (nSPS) is 16.6. The lowest BCUT2D eigenvalue weighted by molar-refractivity contribution is -0.132. The minimum absolute atomic E-state index is 0.142. The molecule has 140 valence electrons. The van der Waals surface area contributed by atoms with Crippen LogP contribution in [-0.2, 0) is 11.3 Å². The molecule has 1 aromatic carbocycles. The second kappa shape index (κ2) is 8.15. The molecule has 6 heteroatoms. The van der Waals surface area contributed by atoms with Crippen molar-refractivity contribution in [1.29, 1.82) is 0 Å². The Hall–Kier alpha value is -2.31. The summed E-state index contributed by atoms with van der Waals surface area (Å²) in [6, 6.07) is 16.5. The number of carbonyl (C=O) groups excluding carboxylic acids is 1. The summed E-state index contributed by atoms with van der Waals surface area (Å²) in [7, 11) is 0. The summed E-state index contributed by atoms with van der Waals surface area (Å²) in [6.07, 6.45) is 3.84. The maximum atomic E-state index is 12.9. The third-order valence-corrected chi connectivity index (χ3v) is 6.04. The SMILES string of the molecule is CC(Sc1ncc2ccccn12)C(=O)N1CCN(Cc2ccccc2)CC1. The van der Waals surface area contributed by atoms with Crippen LogP contribution in [0.15, 0.2) is 66.1 Å². The van der Waals surface area contributed by atoms with Crippen LogP contribution >= 0.6 is 11.8 Å². The van der Waals surface area contributed by atoms with Crippen LogP contribution in [0.1, 0.15) is 12.5 Å². The predicted molar refractivity (Wildman–Crippen MR) is 109 cm³/mol. The number of fused-ring (bicyclic) bond motifs is 1. The van der Waals surface area contributed by atoms with Crippen molar-refractivity contribution in [1.82, 2.24) is 19.2 Å². The van der Waals surface area contributed by atoms with Crippen molar-refractivity contribution < 1.29 is 4.79 Å². The van der Waals surface area contributed by atoms with Crippen LogP contribution in [0.3, 0.4) is 0 Å². The Morgan fingerprint density at radius 1 is 1.07 bits per heavy atom. The molecule has 0 saturated carbocycles. The van der Waals surface area contributed by atoms with Crippen LogP contribution in [0, 0.1) is 0 Å². The lowest BCUT2D eigenvalue weighted by Gasteiger charge is -2.35. The molecule has 0 spiro atoms. The second-order valence-corrected chi connectivity index (χ2v) is 8.19. The number of benzene rings is 1. The minimum Gasteiger partial charge on any atom is -0.339 e. The van der Waals surface area contributed by atoms with Crippen LogP contribution in [0.5, 0.6) is 0 Å². The molecular formula is C21H24N4OS. The molecule has 1 aliphatic rings. The quantitative estimate of drug-likeness (QED) is 0.638. The fourth-order valence-corrected chi connectivity index (χ4v) is 4.40. The van der Waals surface area contributed by atoms with E-state index >= 15 is 0 Å². The maximum absolute atomic E-state index is 12.9. The number of rotatable bonds is 5. The van der Waals surface area contributed by atoms with Gasteiger partial charge < -0.3 is 4.90 Å². The van der Waals surface area contributed by atoms with E-state index in [1.54, 1.807) is 0 Å². The molecule has 1 aliphatic heterocycles. The molecule has 0 aliphatic carbocycles. The Kier molecular flexibility index (Phi) is 5.45. The number of piperazine rings is 1. The molecule has 5 nitrogen and oxygen atoms in total. The number of pyridine rings is 1. The van der Waals surface area contributed by atoms with E-state index in [9.17, 15) is 4.79 Å². The van der Waals surface area contributed by atoms with E-state index in [-0.39, 0.29) is 11.2 Å². The van der Waals surface area contributed by atoms with Gasteiger partial charge >= 0.3 is 0 Å². The summed E-state index contributed by atoms with van der Waals surface area (Å²) in [5.74, 6) is 0.201. The standard InChI is InChI=1S/C21H24N4OS/c1-17(27-21-22-15-19-9-5-6-10-25(19)21)20(26)24-13-11-23(12-14-24)16-18-7-3-2-4-8-18/h2-10,15,17H,11-14,16H2,1H3. The molecule has 0 bridgehead atoms. The molecule has 1 saturated heterocycles. The molecule has 1 unspecified atom stereocenters. The van der Waals surface area contributed by atoms with Crippen molar-refractivity contribution >= 4 is 23.2 Å². The molecular weight excluding hydrogens is 356 g/mol. The van der Waals surface area contributed by atoms with E-state index in [1.165, 1.54) is 17.3 Å².